The van der Waals surface area contributed by atoms with Gasteiger partial charge in [-0.1, -0.05) is 0 Å². The number of hydrogen-bond acceptors (Lipinski definition) is 2. The maximum absolute atomic E-state index is 12.1. The number of anilines is 1. The van der Waals surface area contributed by atoms with E-state index in [0.717, 1.165) is 6.20 Å². The van der Waals surface area contributed by atoms with Crippen molar-refractivity contribution in [1.29, 1.82) is 0 Å². The average molecular weight is 193 g/mol. The lowest BCUT2D eigenvalue weighted by Crippen LogP contribution is -1.98. The Morgan fingerprint density at radius 2 is 2.25 bits per heavy atom. The molecule has 0 amide bonds. The first kappa shape index (κ1) is 9.19. The Morgan fingerprint density at radius 1 is 1.58 bits per heavy atom. The second-order valence-electron chi connectivity index (χ2n) is 2.25. The lowest BCUT2D eigenvalue weighted by Gasteiger charge is -2.03. The van der Waals surface area contributed by atoms with Gasteiger partial charge in [0.25, 0.3) is 6.43 Å². The predicted octanol–water partition coefficient (Wildman–Crippen LogP) is 2.34. The Morgan fingerprint density at radius 3 is 2.75 bits per heavy atom. The first-order valence-corrected chi connectivity index (χ1v) is 3.77. The number of nitrogens with two attached hydrogens (primary N) is 1. The molecule has 1 rings (SSSR count). The van der Waals surface area contributed by atoms with Crippen LogP contribution in [0.4, 0.5) is 14.6 Å². The molecule has 0 aliphatic rings. The molecule has 0 spiro atoms. The number of alkyl halides is 3. The molecular formula is C7H7ClF2N2. The summed E-state index contributed by atoms with van der Waals surface area (Å²) in [5.74, 6) is 0.300. The van der Waals surface area contributed by atoms with Crippen LogP contribution in [0, 0.1) is 0 Å². The molecule has 0 unspecified atom stereocenters. The Hall–Kier alpha value is -0.900. The number of nitrogen functional groups attached to an aromatic ring is 1. The zero-order valence-electron chi connectivity index (χ0n) is 6.10. The Balaban J connectivity index is 3.05. The minimum Gasteiger partial charge on any atom is -0.383 e. The molecule has 1 aromatic rings. The van der Waals surface area contributed by atoms with Crippen molar-refractivity contribution >= 4 is 17.4 Å². The molecule has 2 N–H and O–H groups in total. The van der Waals surface area contributed by atoms with Crippen LogP contribution in [-0.4, -0.2) is 4.98 Å². The standard InChI is InChI=1S/C7H7ClF2N2/c8-2-4-1-5(6(9)10)3-12-7(4)11/h1,3,6H,2H2,(H2,11,12). The highest BCUT2D eigenvalue weighted by atomic mass is 35.5. The minimum absolute atomic E-state index is 0.0966. The van der Waals surface area contributed by atoms with Gasteiger partial charge in [-0.3, -0.25) is 0 Å². The highest BCUT2D eigenvalue weighted by Gasteiger charge is 2.09. The van der Waals surface area contributed by atoms with Gasteiger partial charge in [-0.2, -0.15) is 0 Å². The zero-order valence-corrected chi connectivity index (χ0v) is 6.85. The van der Waals surface area contributed by atoms with Crippen molar-refractivity contribution < 1.29 is 8.78 Å². The second kappa shape index (κ2) is 3.67. The molecule has 12 heavy (non-hydrogen) atoms. The van der Waals surface area contributed by atoms with Crippen LogP contribution in [0.25, 0.3) is 0 Å². The van der Waals surface area contributed by atoms with Crippen LogP contribution in [0.2, 0.25) is 0 Å². The molecule has 0 fully saturated rings. The third-order valence-electron chi connectivity index (χ3n) is 1.42. The van der Waals surface area contributed by atoms with Gasteiger partial charge in [0.1, 0.15) is 5.82 Å². The van der Waals surface area contributed by atoms with E-state index in [-0.39, 0.29) is 17.3 Å². The quantitative estimate of drug-likeness (QED) is 0.731. The third-order valence-corrected chi connectivity index (χ3v) is 1.71. The topological polar surface area (TPSA) is 38.9 Å². The maximum Gasteiger partial charge on any atom is 0.265 e. The monoisotopic (exact) mass is 192 g/mol. The molecule has 1 heterocycles. The molecule has 0 saturated heterocycles. The fourth-order valence-corrected chi connectivity index (χ4v) is 0.980. The van der Waals surface area contributed by atoms with Gasteiger partial charge in [0.05, 0.1) is 5.88 Å². The van der Waals surface area contributed by atoms with Crippen molar-refractivity contribution in [3.63, 3.8) is 0 Å². The predicted molar refractivity (Wildman–Crippen MR) is 43.2 cm³/mol. The highest BCUT2D eigenvalue weighted by Crippen LogP contribution is 2.21. The van der Waals surface area contributed by atoms with Crippen LogP contribution in [0.1, 0.15) is 17.6 Å². The Kier molecular flexibility index (Phi) is 2.81. The van der Waals surface area contributed by atoms with Crippen molar-refractivity contribution in [1.82, 2.24) is 4.98 Å². The number of aromatic nitrogens is 1. The summed E-state index contributed by atoms with van der Waals surface area (Å²) >= 11 is 5.44. The largest absolute Gasteiger partial charge is 0.383 e. The van der Waals surface area contributed by atoms with Crippen molar-refractivity contribution in [2.24, 2.45) is 0 Å². The molecule has 0 bridgehead atoms. The van der Waals surface area contributed by atoms with E-state index in [1.165, 1.54) is 6.07 Å². The van der Waals surface area contributed by atoms with Crippen LogP contribution >= 0.6 is 11.6 Å². The molecule has 0 saturated carbocycles. The summed E-state index contributed by atoms with van der Waals surface area (Å²) in [5.41, 5.74) is 5.65. The van der Waals surface area contributed by atoms with Crippen LogP contribution in [0.3, 0.4) is 0 Å². The van der Waals surface area contributed by atoms with Gasteiger partial charge in [-0.15, -0.1) is 11.6 Å². The van der Waals surface area contributed by atoms with Crippen LogP contribution < -0.4 is 5.73 Å². The number of halogens is 3. The molecule has 0 atom stereocenters. The van der Waals surface area contributed by atoms with E-state index >= 15 is 0 Å². The molecule has 2 nitrogen and oxygen atoms in total. The van der Waals surface area contributed by atoms with E-state index < -0.39 is 6.43 Å². The van der Waals surface area contributed by atoms with Gasteiger partial charge in [0.15, 0.2) is 0 Å². The second-order valence-corrected chi connectivity index (χ2v) is 2.51. The Labute approximate surface area is 73.4 Å². The van der Waals surface area contributed by atoms with Gasteiger partial charge in [0.2, 0.25) is 0 Å². The van der Waals surface area contributed by atoms with Gasteiger partial charge in [-0.25, -0.2) is 13.8 Å². The molecule has 0 radical (unpaired) electrons. The summed E-state index contributed by atoms with van der Waals surface area (Å²) in [7, 11) is 0. The van der Waals surface area contributed by atoms with Gasteiger partial charge >= 0.3 is 0 Å². The lowest BCUT2D eigenvalue weighted by atomic mass is 10.2. The summed E-state index contributed by atoms with van der Waals surface area (Å²) < 4.78 is 24.2. The van der Waals surface area contributed by atoms with E-state index in [1.807, 2.05) is 0 Å². The third kappa shape index (κ3) is 1.82. The van der Waals surface area contributed by atoms with E-state index in [0.29, 0.717) is 5.56 Å². The van der Waals surface area contributed by atoms with Gasteiger partial charge in [0, 0.05) is 17.3 Å². The Bertz CT molecular complexity index is 278. The van der Waals surface area contributed by atoms with Gasteiger partial charge < -0.3 is 5.73 Å². The number of rotatable bonds is 2. The summed E-state index contributed by atoms with van der Waals surface area (Å²) in [4.78, 5) is 3.58. The SMILES string of the molecule is Nc1ncc(C(F)F)cc1CCl. The van der Waals surface area contributed by atoms with Crippen LogP contribution in [-0.2, 0) is 5.88 Å². The first-order valence-electron chi connectivity index (χ1n) is 3.23. The molecule has 0 aliphatic heterocycles. The molecule has 0 aromatic carbocycles. The first-order chi connectivity index (χ1) is 5.65. The van der Waals surface area contributed by atoms with Crippen molar-refractivity contribution in [3.05, 3.63) is 23.4 Å². The number of hydrogen-bond donors (Lipinski definition) is 1. The minimum atomic E-state index is -2.53. The fraction of sp³-hybridized carbons (Fsp3) is 0.286. The normalized spacial score (nSPS) is 10.7. The maximum atomic E-state index is 12.1. The average Bonchev–Trinajstić information content (AvgIpc) is 2.05. The molecule has 66 valence electrons. The summed E-state index contributed by atoms with van der Waals surface area (Å²) in [5, 5.41) is 0. The van der Waals surface area contributed by atoms with E-state index in [9.17, 15) is 8.78 Å². The van der Waals surface area contributed by atoms with Crippen LogP contribution in [0.5, 0.6) is 0 Å². The fourth-order valence-electron chi connectivity index (χ4n) is 0.766. The molecule has 1 aromatic heterocycles. The van der Waals surface area contributed by atoms with E-state index in [4.69, 9.17) is 17.3 Å². The molecule has 5 heteroatoms. The van der Waals surface area contributed by atoms with Crippen molar-refractivity contribution in [2.75, 3.05) is 5.73 Å². The van der Waals surface area contributed by atoms with E-state index in [2.05, 4.69) is 4.98 Å². The van der Waals surface area contributed by atoms with Crippen LogP contribution in [0.15, 0.2) is 12.3 Å². The summed E-state index contributed by atoms with van der Waals surface area (Å²) in [6.45, 7) is 0. The number of nitrogens with zero attached hydrogens (tertiary/aromatic N) is 1. The summed E-state index contributed by atoms with van der Waals surface area (Å²) in [6, 6.07) is 1.26. The zero-order chi connectivity index (χ0) is 9.14. The smallest absolute Gasteiger partial charge is 0.265 e. The summed E-state index contributed by atoms with van der Waals surface area (Å²) in [6.07, 6.45) is -1.48. The van der Waals surface area contributed by atoms with Crippen molar-refractivity contribution in [2.45, 2.75) is 12.3 Å². The van der Waals surface area contributed by atoms with Crippen molar-refractivity contribution in [3.8, 4) is 0 Å². The molecular weight excluding hydrogens is 186 g/mol. The lowest BCUT2D eigenvalue weighted by molar-refractivity contribution is 0.151. The van der Waals surface area contributed by atoms with Gasteiger partial charge in [-0.05, 0) is 6.07 Å². The van der Waals surface area contributed by atoms with E-state index in [1.54, 1.807) is 0 Å². The molecule has 0 aliphatic carbocycles. The number of pyridine rings is 1. The highest BCUT2D eigenvalue weighted by molar-refractivity contribution is 6.17.